The first-order valence-corrected chi connectivity index (χ1v) is 9.00. The number of rotatable bonds is 6. The summed E-state index contributed by atoms with van der Waals surface area (Å²) < 4.78 is 10.3. The van der Waals surface area contributed by atoms with E-state index in [1.807, 2.05) is 0 Å². The molecule has 1 aliphatic rings. The average molecular weight is 365 g/mol. The minimum atomic E-state index is -0.663. The van der Waals surface area contributed by atoms with Crippen molar-refractivity contribution in [1.82, 2.24) is 4.90 Å². The van der Waals surface area contributed by atoms with Crippen molar-refractivity contribution in [2.24, 2.45) is 0 Å². The number of hydrogen-bond donors (Lipinski definition) is 2. The maximum absolute atomic E-state index is 11.4. The molecule has 0 bridgehead atoms. The highest BCUT2D eigenvalue weighted by molar-refractivity contribution is 5.89. The van der Waals surface area contributed by atoms with Gasteiger partial charge in [0.25, 0.3) is 0 Å². The highest BCUT2D eigenvalue weighted by atomic mass is 16.5. The number of aliphatic hydroxyl groups is 2. The van der Waals surface area contributed by atoms with E-state index in [1.54, 1.807) is 24.3 Å². The van der Waals surface area contributed by atoms with Gasteiger partial charge in [-0.1, -0.05) is 0 Å². The Morgan fingerprint density at radius 2 is 1.73 bits per heavy atom. The second-order valence-electron chi connectivity index (χ2n) is 8.28. The summed E-state index contributed by atoms with van der Waals surface area (Å²) in [5.41, 5.74) is 0.0463. The predicted molar refractivity (Wildman–Crippen MR) is 99.4 cm³/mol. The van der Waals surface area contributed by atoms with Crippen LogP contribution in [-0.4, -0.2) is 64.6 Å². The third kappa shape index (κ3) is 4.96. The van der Waals surface area contributed by atoms with Crippen LogP contribution in [0.15, 0.2) is 24.3 Å². The van der Waals surface area contributed by atoms with Gasteiger partial charge in [-0.15, -0.1) is 0 Å². The maximum atomic E-state index is 11.4. The summed E-state index contributed by atoms with van der Waals surface area (Å²) >= 11 is 0. The number of piperidine rings is 1. The van der Waals surface area contributed by atoms with Crippen LogP contribution in [0.5, 0.6) is 5.75 Å². The summed E-state index contributed by atoms with van der Waals surface area (Å²) in [7, 11) is 1.34. The van der Waals surface area contributed by atoms with Crippen molar-refractivity contribution in [3.05, 3.63) is 29.8 Å². The molecule has 2 rings (SSSR count). The summed E-state index contributed by atoms with van der Waals surface area (Å²) in [6.45, 7) is 8.99. The summed E-state index contributed by atoms with van der Waals surface area (Å²) in [6, 6.07) is 6.63. The van der Waals surface area contributed by atoms with E-state index < -0.39 is 12.1 Å². The summed E-state index contributed by atoms with van der Waals surface area (Å²) in [5.74, 6) is 0.192. The molecule has 0 aliphatic carbocycles. The number of carbonyl (C=O) groups excluding carboxylic acids is 1. The predicted octanol–water partition coefficient (Wildman–Crippen LogP) is 2.23. The van der Waals surface area contributed by atoms with E-state index in [4.69, 9.17) is 4.74 Å². The molecule has 6 nitrogen and oxygen atoms in total. The summed E-state index contributed by atoms with van der Waals surface area (Å²) in [5, 5.41) is 20.6. The van der Waals surface area contributed by atoms with Gasteiger partial charge in [-0.3, -0.25) is 4.90 Å². The van der Waals surface area contributed by atoms with Crippen LogP contribution in [0.4, 0.5) is 0 Å². The molecule has 146 valence electrons. The topological polar surface area (TPSA) is 79.2 Å². The Labute approximate surface area is 155 Å². The molecule has 26 heavy (non-hydrogen) atoms. The van der Waals surface area contributed by atoms with Gasteiger partial charge in [-0.25, -0.2) is 4.79 Å². The highest BCUT2D eigenvalue weighted by Gasteiger charge is 2.45. The molecule has 6 heteroatoms. The fourth-order valence-corrected chi connectivity index (χ4v) is 4.02. The fraction of sp³-hybridized carbons (Fsp3) is 0.650. The van der Waals surface area contributed by atoms with E-state index in [1.165, 1.54) is 7.11 Å². The van der Waals surface area contributed by atoms with Crippen molar-refractivity contribution in [2.45, 2.75) is 63.8 Å². The van der Waals surface area contributed by atoms with Crippen molar-refractivity contribution in [1.29, 1.82) is 0 Å². The second kappa shape index (κ2) is 7.94. The molecule has 1 aromatic carbocycles. The van der Waals surface area contributed by atoms with Gasteiger partial charge in [-0.05, 0) is 64.8 Å². The third-order valence-corrected chi connectivity index (χ3v) is 5.04. The first kappa shape index (κ1) is 20.7. The van der Waals surface area contributed by atoms with Crippen LogP contribution in [0.2, 0.25) is 0 Å². The Morgan fingerprint density at radius 1 is 1.19 bits per heavy atom. The first-order valence-electron chi connectivity index (χ1n) is 9.00. The Morgan fingerprint density at radius 3 is 2.23 bits per heavy atom. The Bertz CT molecular complexity index is 593. The molecule has 0 saturated carbocycles. The van der Waals surface area contributed by atoms with E-state index >= 15 is 0 Å². The van der Waals surface area contributed by atoms with E-state index in [0.29, 0.717) is 30.7 Å². The van der Waals surface area contributed by atoms with Gasteiger partial charge in [0.1, 0.15) is 18.5 Å². The number of likely N-dealkylation sites (tertiary alicyclic amines) is 1. The second-order valence-corrected chi connectivity index (χ2v) is 8.28. The normalized spacial score (nSPS) is 21.2. The Hall–Kier alpha value is -1.63. The van der Waals surface area contributed by atoms with Crippen LogP contribution >= 0.6 is 0 Å². The van der Waals surface area contributed by atoms with Crippen LogP contribution in [0.3, 0.4) is 0 Å². The summed E-state index contributed by atoms with van der Waals surface area (Å²) in [4.78, 5) is 13.7. The zero-order valence-corrected chi connectivity index (χ0v) is 16.4. The van der Waals surface area contributed by atoms with Crippen molar-refractivity contribution in [3.8, 4) is 5.75 Å². The number of carbonyl (C=O) groups is 1. The molecule has 0 aromatic heterocycles. The SMILES string of the molecule is COC(=O)c1ccc(OCC(O)CN2C(C)(C)CC(O)CC2(C)C)cc1. The van der Waals surface area contributed by atoms with Crippen molar-refractivity contribution >= 4 is 5.97 Å². The first-order chi connectivity index (χ1) is 12.0. The average Bonchev–Trinajstić information content (AvgIpc) is 2.55. The zero-order valence-electron chi connectivity index (χ0n) is 16.4. The molecule has 1 fully saturated rings. The zero-order chi connectivity index (χ0) is 19.5. The lowest BCUT2D eigenvalue weighted by molar-refractivity contribution is -0.1000. The lowest BCUT2D eigenvalue weighted by atomic mass is 9.78. The minimum absolute atomic E-state index is 0.156. The smallest absolute Gasteiger partial charge is 0.337 e. The minimum Gasteiger partial charge on any atom is -0.491 e. The maximum Gasteiger partial charge on any atom is 0.337 e. The third-order valence-electron chi connectivity index (χ3n) is 5.04. The standard InChI is InChI=1S/C20H31NO5/c1-19(2)10-15(22)11-20(3,4)21(19)12-16(23)13-26-17-8-6-14(7-9-17)18(24)25-5/h6-9,15-16,22-23H,10-13H2,1-5H3. The van der Waals surface area contributed by atoms with Gasteiger partial charge in [0.2, 0.25) is 0 Å². The van der Waals surface area contributed by atoms with Gasteiger partial charge in [0.05, 0.1) is 18.8 Å². The number of methoxy groups -OCH3 is 1. The van der Waals surface area contributed by atoms with Crippen LogP contribution in [0.25, 0.3) is 0 Å². The van der Waals surface area contributed by atoms with Crippen molar-refractivity contribution < 1.29 is 24.5 Å². The van der Waals surface area contributed by atoms with Crippen LogP contribution in [0, 0.1) is 0 Å². The molecule has 0 amide bonds. The molecule has 1 heterocycles. The van der Waals surface area contributed by atoms with Gasteiger partial charge in [0, 0.05) is 17.6 Å². The molecule has 2 N–H and O–H groups in total. The van der Waals surface area contributed by atoms with E-state index in [0.717, 1.165) is 0 Å². The highest BCUT2D eigenvalue weighted by Crippen LogP contribution is 2.38. The van der Waals surface area contributed by atoms with Crippen molar-refractivity contribution in [3.63, 3.8) is 0 Å². The lowest BCUT2D eigenvalue weighted by Gasteiger charge is -2.54. The molecule has 1 atom stereocenters. The molecule has 1 saturated heterocycles. The molecule has 1 unspecified atom stereocenters. The number of benzene rings is 1. The molecular formula is C20H31NO5. The summed E-state index contributed by atoms with van der Waals surface area (Å²) in [6.07, 6.45) is 0.375. The number of esters is 1. The van der Waals surface area contributed by atoms with Crippen LogP contribution < -0.4 is 4.74 Å². The monoisotopic (exact) mass is 365 g/mol. The molecule has 0 spiro atoms. The van der Waals surface area contributed by atoms with Crippen LogP contribution in [0.1, 0.15) is 50.9 Å². The number of hydrogen-bond acceptors (Lipinski definition) is 6. The molecule has 1 aliphatic heterocycles. The van der Waals surface area contributed by atoms with Crippen molar-refractivity contribution in [2.75, 3.05) is 20.3 Å². The fourth-order valence-electron chi connectivity index (χ4n) is 4.02. The molecule has 1 aromatic rings. The largest absolute Gasteiger partial charge is 0.491 e. The Balaban J connectivity index is 1.93. The molecular weight excluding hydrogens is 334 g/mol. The van der Waals surface area contributed by atoms with E-state index in [9.17, 15) is 15.0 Å². The van der Waals surface area contributed by atoms with E-state index in [2.05, 4.69) is 37.3 Å². The Kier molecular flexibility index (Phi) is 6.32. The number of aliphatic hydroxyl groups excluding tert-OH is 2. The van der Waals surface area contributed by atoms with Gasteiger partial charge < -0.3 is 19.7 Å². The number of β-amino-alcohol motifs (C(OH)–C–C–N with tert-alkyl or cyclic N) is 1. The molecule has 0 radical (unpaired) electrons. The number of nitrogens with zero attached hydrogens (tertiary/aromatic N) is 1. The van der Waals surface area contributed by atoms with Crippen LogP contribution in [-0.2, 0) is 4.74 Å². The van der Waals surface area contributed by atoms with Gasteiger partial charge in [-0.2, -0.15) is 0 Å². The van der Waals surface area contributed by atoms with Gasteiger partial charge in [0.15, 0.2) is 0 Å². The van der Waals surface area contributed by atoms with Gasteiger partial charge >= 0.3 is 5.97 Å². The lowest BCUT2D eigenvalue weighted by Crippen LogP contribution is -2.63. The van der Waals surface area contributed by atoms with E-state index in [-0.39, 0.29) is 23.8 Å². The quantitative estimate of drug-likeness (QED) is 0.753. The number of ether oxygens (including phenoxy) is 2.